The van der Waals surface area contributed by atoms with E-state index in [2.05, 4.69) is 55.5 Å². The SMILES string of the molecule is CCCC1=[C]([Ti+2]2([CH]3C=Cc4ccccc43)[CH2][CH2]2)CC=C1.[Cl-].[Cl-]. The van der Waals surface area contributed by atoms with Crippen molar-refractivity contribution < 1.29 is 41.4 Å². The average molecular weight is 369 g/mol. The largest absolute Gasteiger partial charge is 1.00 e. The summed E-state index contributed by atoms with van der Waals surface area (Å²) < 4.78 is 5.88. The summed E-state index contributed by atoms with van der Waals surface area (Å²) in [7, 11) is 0. The normalized spacial score (nSPS) is 21.6. The van der Waals surface area contributed by atoms with Crippen molar-refractivity contribution in [3.05, 3.63) is 63.1 Å². The topological polar surface area (TPSA) is 0 Å². The molecule has 1 aromatic rings. The fourth-order valence-corrected chi connectivity index (χ4v) is 13.1. The molecule has 0 spiro atoms. The van der Waals surface area contributed by atoms with Crippen molar-refractivity contribution in [1.29, 1.82) is 0 Å². The van der Waals surface area contributed by atoms with Gasteiger partial charge < -0.3 is 24.8 Å². The molecular formula is C19H22Cl2Ti. The van der Waals surface area contributed by atoms with Gasteiger partial charge in [-0.2, -0.15) is 0 Å². The van der Waals surface area contributed by atoms with Gasteiger partial charge in [-0.25, -0.2) is 0 Å². The molecule has 1 aromatic carbocycles. The molecule has 0 saturated carbocycles. The molecule has 1 atom stereocenters. The Bertz CT molecular complexity index is 639. The Kier molecular flexibility index (Phi) is 5.83. The van der Waals surface area contributed by atoms with Crippen molar-refractivity contribution in [2.45, 2.75) is 39.9 Å². The maximum Gasteiger partial charge on any atom is -1.00 e. The van der Waals surface area contributed by atoms with E-state index in [0.717, 1.165) is 4.22 Å². The standard InChI is InChI=1S/C9H7.C8H11.C2H4.2ClH.Ti/c1-2-5-9-7-3-6-8(9)4-1;1-2-5-8-6-3-4-7-8;1-2;;;/h1-7H;3,6H,2,4-5H2,1H3;1-2H2;2*1H;/q;;;;;+2/p-2. The van der Waals surface area contributed by atoms with Gasteiger partial charge in [-0.1, -0.05) is 0 Å². The summed E-state index contributed by atoms with van der Waals surface area (Å²) in [5.74, 6) is 0. The summed E-state index contributed by atoms with van der Waals surface area (Å²) in [6.07, 6.45) is 13.7. The molecule has 1 saturated heterocycles. The first-order valence-corrected chi connectivity index (χ1v) is 11.9. The zero-order valence-electron chi connectivity index (χ0n) is 13.0. The molecule has 1 heterocycles. The first-order chi connectivity index (χ1) is 9.85. The van der Waals surface area contributed by atoms with Gasteiger partial charge in [-0.3, -0.25) is 0 Å². The molecule has 1 fully saturated rings. The number of hydrogen-bond acceptors (Lipinski definition) is 0. The summed E-state index contributed by atoms with van der Waals surface area (Å²) in [5.41, 5.74) is 4.85. The molecule has 2 aliphatic carbocycles. The molecule has 1 aliphatic heterocycles. The van der Waals surface area contributed by atoms with Crippen LogP contribution in [0.2, 0.25) is 9.45 Å². The van der Waals surface area contributed by atoms with Gasteiger partial charge in [0, 0.05) is 0 Å². The summed E-state index contributed by atoms with van der Waals surface area (Å²) in [5, 5.41) is 0. The van der Waals surface area contributed by atoms with Crippen LogP contribution in [0.4, 0.5) is 0 Å². The number of hydrogen-bond donors (Lipinski definition) is 0. The van der Waals surface area contributed by atoms with Crippen molar-refractivity contribution in [3.63, 3.8) is 0 Å². The first-order valence-electron chi connectivity index (χ1n) is 8.01. The van der Waals surface area contributed by atoms with Gasteiger partial charge in [0.05, 0.1) is 0 Å². The van der Waals surface area contributed by atoms with Crippen LogP contribution in [0, 0.1) is 0 Å². The van der Waals surface area contributed by atoms with E-state index in [-0.39, 0.29) is 24.8 Å². The van der Waals surface area contributed by atoms with Crippen LogP contribution in [0.1, 0.15) is 41.5 Å². The minimum Gasteiger partial charge on any atom is -1.00 e. The Morgan fingerprint density at radius 1 is 1.09 bits per heavy atom. The predicted molar refractivity (Wildman–Crippen MR) is 83.5 cm³/mol. The monoisotopic (exact) mass is 368 g/mol. The molecule has 0 aromatic heterocycles. The van der Waals surface area contributed by atoms with Crippen molar-refractivity contribution in [2.75, 3.05) is 0 Å². The van der Waals surface area contributed by atoms with E-state index in [4.69, 9.17) is 0 Å². The van der Waals surface area contributed by atoms with Gasteiger partial charge in [0.15, 0.2) is 0 Å². The summed E-state index contributed by atoms with van der Waals surface area (Å²) >= 11 is -1.79. The minimum absolute atomic E-state index is 0. The Hall–Kier alpha value is -0.266. The van der Waals surface area contributed by atoms with Gasteiger partial charge in [0.2, 0.25) is 0 Å². The molecule has 22 heavy (non-hydrogen) atoms. The van der Waals surface area contributed by atoms with Crippen molar-refractivity contribution in [1.82, 2.24) is 0 Å². The molecule has 0 radical (unpaired) electrons. The third-order valence-corrected chi connectivity index (χ3v) is 13.1. The third kappa shape index (κ3) is 2.80. The third-order valence-electron chi connectivity index (χ3n) is 5.33. The number of rotatable bonds is 4. The molecule has 1 unspecified atom stereocenters. The number of benzene rings is 1. The Morgan fingerprint density at radius 3 is 2.59 bits per heavy atom. The number of halogens is 2. The van der Waals surface area contributed by atoms with Crippen LogP contribution in [0.15, 0.2) is 51.9 Å². The van der Waals surface area contributed by atoms with Crippen LogP contribution < -0.4 is 24.8 Å². The fourth-order valence-electron chi connectivity index (χ4n) is 4.24. The number of fused-ring (bicyclic) bond motifs is 1. The zero-order valence-corrected chi connectivity index (χ0v) is 16.1. The van der Waals surface area contributed by atoms with Crippen LogP contribution in [0.25, 0.3) is 6.08 Å². The smallest absolute Gasteiger partial charge is 1.00 e. The van der Waals surface area contributed by atoms with Gasteiger partial charge in [0.25, 0.3) is 0 Å². The molecule has 0 nitrogen and oxygen atoms in total. The Labute approximate surface area is 149 Å². The molecule has 0 amide bonds. The second-order valence-electron chi connectivity index (χ2n) is 6.48. The second kappa shape index (κ2) is 7.10. The van der Waals surface area contributed by atoms with Gasteiger partial charge in [-0.05, 0) is 0 Å². The average Bonchev–Trinajstić information content (AvgIpc) is 2.95. The summed E-state index contributed by atoms with van der Waals surface area (Å²) in [6, 6.07) is 9.08. The van der Waals surface area contributed by atoms with Crippen LogP contribution in [-0.4, -0.2) is 0 Å². The van der Waals surface area contributed by atoms with E-state index in [1.54, 1.807) is 20.6 Å². The van der Waals surface area contributed by atoms with E-state index in [0.29, 0.717) is 0 Å². The van der Waals surface area contributed by atoms with Crippen LogP contribution in [0.3, 0.4) is 0 Å². The van der Waals surface area contributed by atoms with E-state index in [1.807, 2.05) is 3.88 Å². The maximum atomic E-state index is 2.55. The van der Waals surface area contributed by atoms with E-state index in [9.17, 15) is 0 Å². The van der Waals surface area contributed by atoms with Crippen molar-refractivity contribution >= 4 is 6.08 Å². The van der Waals surface area contributed by atoms with E-state index < -0.39 is 16.6 Å². The molecule has 3 aliphatic rings. The summed E-state index contributed by atoms with van der Waals surface area (Å²) in [4.78, 5) is 0. The Balaban J connectivity index is 0.000000882. The van der Waals surface area contributed by atoms with Crippen LogP contribution >= 0.6 is 0 Å². The van der Waals surface area contributed by atoms with Crippen LogP contribution in [-0.2, 0) is 16.6 Å². The predicted octanol–water partition coefficient (Wildman–Crippen LogP) is -0.219. The molecule has 116 valence electrons. The second-order valence-corrected chi connectivity index (χ2v) is 13.6. The molecule has 3 heteroatoms. The van der Waals surface area contributed by atoms with Crippen molar-refractivity contribution in [3.8, 4) is 0 Å². The summed E-state index contributed by atoms with van der Waals surface area (Å²) in [6.45, 7) is 2.31. The van der Waals surface area contributed by atoms with Gasteiger partial charge in [0.1, 0.15) is 0 Å². The van der Waals surface area contributed by atoms with Gasteiger partial charge in [-0.15, -0.1) is 0 Å². The van der Waals surface area contributed by atoms with E-state index >= 15 is 0 Å². The molecular weight excluding hydrogens is 347 g/mol. The van der Waals surface area contributed by atoms with E-state index in [1.165, 1.54) is 24.8 Å². The van der Waals surface area contributed by atoms with Gasteiger partial charge >= 0.3 is 126 Å². The quantitative estimate of drug-likeness (QED) is 0.644. The zero-order chi connectivity index (χ0) is 13.6. The molecule has 4 rings (SSSR count). The van der Waals surface area contributed by atoms with Crippen LogP contribution in [0.5, 0.6) is 0 Å². The van der Waals surface area contributed by atoms with Crippen molar-refractivity contribution in [2.24, 2.45) is 0 Å². The molecule has 0 bridgehead atoms. The molecule has 0 N–H and O–H groups in total. The first kappa shape index (κ1) is 18.1. The number of allylic oxidation sites excluding steroid dienone is 5. The Morgan fingerprint density at radius 2 is 1.86 bits per heavy atom. The maximum absolute atomic E-state index is 2.55. The minimum atomic E-state index is -1.79. The fraction of sp³-hybridized carbons (Fsp3) is 0.368.